The maximum absolute atomic E-state index is 12.9. The van der Waals surface area contributed by atoms with Crippen molar-refractivity contribution in [3.05, 3.63) is 64.5 Å². The topological polar surface area (TPSA) is 45.2 Å². The maximum Gasteiger partial charge on any atom is 0.328 e. The number of anilines is 2. The lowest BCUT2D eigenvalue weighted by atomic mass is 9.84. The Labute approximate surface area is 193 Å². The number of hydrogen-bond donors (Lipinski definition) is 1. The second kappa shape index (κ2) is 10.3. The van der Waals surface area contributed by atoms with Crippen LogP contribution in [0.15, 0.2) is 53.9 Å². The minimum absolute atomic E-state index is 0.183. The van der Waals surface area contributed by atoms with Gasteiger partial charge in [0.05, 0.1) is 5.69 Å². The first-order valence-corrected chi connectivity index (χ1v) is 12.3. The number of halogens is 1. The summed E-state index contributed by atoms with van der Waals surface area (Å²) in [6.45, 7) is 2.66. The molecule has 1 aliphatic rings. The van der Waals surface area contributed by atoms with E-state index in [0.717, 1.165) is 17.7 Å². The lowest BCUT2D eigenvalue weighted by Crippen LogP contribution is -2.35. The van der Waals surface area contributed by atoms with Crippen LogP contribution < -0.4 is 10.2 Å². The molecule has 1 heterocycles. The smallest absolute Gasteiger partial charge is 0.307 e. The summed E-state index contributed by atoms with van der Waals surface area (Å²) in [6.07, 6.45) is 7.50. The highest BCUT2D eigenvalue weighted by Crippen LogP contribution is 2.34. The average Bonchev–Trinajstić information content (AvgIpc) is 3.29. The molecule has 162 valence electrons. The molecule has 0 saturated heterocycles. The molecule has 1 saturated carbocycles. The summed E-state index contributed by atoms with van der Waals surface area (Å²) in [4.78, 5) is 19.4. The van der Waals surface area contributed by atoms with E-state index in [1.54, 1.807) is 29.2 Å². The Morgan fingerprint density at radius 2 is 1.81 bits per heavy atom. The second-order valence-corrected chi connectivity index (χ2v) is 9.33. The van der Waals surface area contributed by atoms with Crippen LogP contribution in [0.4, 0.5) is 15.6 Å². The first-order valence-electron chi connectivity index (χ1n) is 11.0. The van der Waals surface area contributed by atoms with Gasteiger partial charge >= 0.3 is 6.03 Å². The van der Waals surface area contributed by atoms with Gasteiger partial charge in [-0.25, -0.2) is 9.78 Å². The van der Waals surface area contributed by atoms with E-state index in [2.05, 4.69) is 36.5 Å². The molecular weight excluding hydrogens is 426 g/mol. The van der Waals surface area contributed by atoms with Crippen LogP contribution in [0, 0.1) is 0 Å². The van der Waals surface area contributed by atoms with Gasteiger partial charge in [0, 0.05) is 28.2 Å². The van der Waals surface area contributed by atoms with E-state index in [9.17, 15) is 4.79 Å². The Bertz CT molecular complexity index is 994. The molecule has 2 amide bonds. The number of benzene rings is 2. The minimum Gasteiger partial charge on any atom is -0.307 e. The van der Waals surface area contributed by atoms with E-state index in [4.69, 9.17) is 16.6 Å². The van der Waals surface area contributed by atoms with Crippen molar-refractivity contribution in [1.82, 2.24) is 4.98 Å². The SMILES string of the molecule is CCCN(C(=O)Nc1ccc(Cl)cc1)c1nc(-c2ccc(C3CCCCC3)cc2)cs1. The number of nitrogens with one attached hydrogen (secondary N) is 1. The molecule has 1 aromatic heterocycles. The maximum atomic E-state index is 12.9. The second-order valence-electron chi connectivity index (χ2n) is 8.06. The molecular formula is C25H28ClN3OS. The number of rotatable bonds is 6. The van der Waals surface area contributed by atoms with E-state index in [-0.39, 0.29) is 6.03 Å². The number of urea groups is 1. The summed E-state index contributed by atoms with van der Waals surface area (Å²) in [7, 11) is 0. The average molecular weight is 454 g/mol. The van der Waals surface area contributed by atoms with E-state index >= 15 is 0 Å². The lowest BCUT2D eigenvalue weighted by molar-refractivity contribution is 0.257. The molecule has 4 nitrogen and oxygen atoms in total. The molecule has 0 radical (unpaired) electrons. The molecule has 0 aliphatic heterocycles. The van der Waals surface area contributed by atoms with Crippen LogP contribution in [0.5, 0.6) is 0 Å². The zero-order chi connectivity index (χ0) is 21.6. The number of carbonyl (C=O) groups excluding carboxylic acids is 1. The largest absolute Gasteiger partial charge is 0.328 e. The quantitative estimate of drug-likeness (QED) is 0.411. The number of aromatic nitrogens is 1. The highest BCUT2D eigenvalue weighted by atomic mass is 35.5. The van der Waals surface area contributed by atoms with Gasteiger partial charge in [-0.05, 0) is 55.0 Å². The molecule has 0 bridgehead atoms. The molecule has 1 fully saturated rings. The Morgan fingerprint density at radius 1 is 1.10 bits per heavy atom. The summed E-state index contributed by atoms with van der Waals surface area (Å²) in [6, 6.07) is 15.8. The number of thiazole rings is 1. The monoisotopic (exact) mass is 453 g/mol. The third-order valence-electron chi connectivity index (χ3n) is 5.79. The van der Waals surface area contributed by atoms with Gasteiger partial charge in [0.2, 0.25) is 0 Å². The van der Waals surface area contributed by atoms with Crippen LogP contribution in [-0.2, 0) is 0 Å². The molecule has 6 heteroatoms. The lowest BCUT2D eigenvalue weighted by Gasteiger charge is -2.22. The summed E-state index contributed by atoms with van der Waals surface area (Å²) < 4.78 is 0. The molecule has 0 spiro atoms. The fraction of sp³-hybridized carbons (Fsp3) is 0.360. The van der Waals surface area contributed by atoms with Gasteiger partial charge in [-0.3, -0.25) is 4.90 Å². The number of hydrogen-bond acceptors (Lipinski definition) is 3. The van der Waals surface area contributed by atoms with Crippen molar-refractivity contribution in [1.29, 1.82) is 0 Å². The molecule has 31 heavy (non-hydrogen) atoms. The van der Waals surface area contributed by atoms with Crippen LogP contribution in [-0.4, -0.2) is 17.6 Å². The molecule has 1 aliphatic carbocycles. The van der Waals surface area contributed by atoms with Gasteiger partial charge in [0.25, 0.3) is 0 Å². The van der Waals surface area contributed by atoms with Crippen molar-refractivity contribution in [3.8, 4) is 11.3 Å². The van der Waals surface area contributed by atoms with E-state index in [0.29, 0.717) is 28.3 Å². The Kier molecular flexibility index (Phi) is 7.25. The van der Waals surface area contributed by atoms with Crippen molar-refractivity contribution >= 4 is 39.8 Å². The number of nitrogens with zero attached hydrogens (tertiary/aromatic N) is 2. The third-order valence-corrected chi connectivity index (χ3v) is 6.91. The molecule has 3 aromatic rings. The number of carbonyl (C=O) groups is 1. The Hall–Kier alpha value is -2.37. The van der Waals surface area contributed by atoms with Gasteiger partial charge in [0.1, 0.15) is 0 Å². The van der Waals surface area contributed by atoms with Crippen molar-refractivity contribution in [2.75, 3.05) is 16.8 Å². The van der Waals surface area contributed by atoms with Crippen molar-refractivity contribution in [2.45, 2.75) is 51.4 Å². The fourth-order valence-electron chi connectivity index (χ4n) is 4.11. The van der Waals surface area contributed by atoms with Crippen LogP contribution in [0.1, 0.15) is 56.9 Å². The number of amides is 2. The van der Waals surface area contributed by atoms with Crippen LogP contribution in [0.2, 0.25) is 5.02 Å². The fourth-order valence-corrected chi connectivity index (χ4v) is 5.10. The van der Waals surface area contributed by atoms with E-state index in [1.165, 1.54) is 49.0 Å². The Morgan fingerprint density at radius 3 is 2.48 bits per heavy atom. The highest BCUT2D eigenvalue weighted by Gasteiger charge is 2.20. The van der Waals surface area contributed by atoms with Crippen LogP contribution in [0.25, 0.3) is 11.3 Å². The zero-order valence-corrected chi connectivity index (χ0v) is 19.4. The van der Waals surface area contributed by atoms with Crippen molar-refractivity contribution in [2.24, 2.45) is 0 Å². The van der Waals surface area contributed by atoms with Gasteiger partial charge < -0.3 is 5.32 Å². The molecule has 0 unspecified atom stereocenters. The zero-order valence-electron chi connectivity index (χ0n) is 17.8. The third kappa shape index (κ3) is 5.46. The summed E-state index contributed by atoms with van der Waals surface area (Å²) >= 11 is 7.44. The summed E-state index contributed by atoms with van der Waals surface area (Å²) in [5, 5.41) is 6.32. The molecule has 2 aromatic carbocycles. The summed E-state index contributed by atoms with van der Waals surface area (Å²) in [5.41, 5.74) is 4.16. The van der Waals surface area contributed by atoms with Gasteiger partial charge in [-0.2, -0.15) is 0 Å². The van der Waals surface area contributed by atoms with E-state index < -0.39 is 0 Å². The first-order chi connectivity index (χ1) is 15.1. The molecule has 4 rings (SSSR count). The molecule has 0 atom stereocenters. The predicted octanol–water partition coefficient (Wildman–Crippen LogP) is 7.96. The summed E-state index contributed by atoms with van der Waals surface area (Å²) in [5.74, 6) is 0.699. The molecule has 1 N–H and O–H groups in total. The minimum atomic E-state index is -0.183. The van der Waals surface area contributed by atoms with Gasteiger partial charge in [0.15, 0.2) is 5.13 Å². The normalized spacial score (nSPS) is 14.4. The van der Waals surface area contributed by atoms with E-state index in [1.807, 2.05) is 5.38 Å². The van der Waals surface area contributed by atoms with Crippen LogP contribution in [0.3, 0.4) is 0 Å². The van der Waals surface area contributed by atoms with Gasteiger partial charge in [-0.15, -0.1) is 11.3 Å². The Balaban J connectivity index is 1.48. The van der Waals surface area contributed by atoms with Crippen molar-refractivity contribution in [3.63, 3.8) is 0 Å². The highest BCUT2D eigenvalue weighted by molar-refractivity contribution is 7.14. The first kappa shape index (κ1) is 21.8. The van der Waals surface area contributed by atoms with Crippen molar-refractivity contribution < 1.29 is 4.79 Å². The predicted molar refractivity (Wildman–Crippen MR) is 131 cm³/mol. The van der Waals surface area contributed by atoms with Gasteiger partial charge in [-0.1, -0.05) is 62.1 Å². The van der Waals surface area contributed by atoms with Crippen LogP contribution >= 0.6 is 22.9 Å². The standard InChI is InChI=1S/C25H28ClN3OS/c1-2-16-29(24(30)27-22-14-12-21(26)13-15-22)25-28-23(17-31-25)20-10-8-19(9-11-20)18-6-4-3-5-7-18/h8-15,17-18H,2-7,16H2,1H3,(H,27,30).